The van der Waals surface area contributed by atoms with Gasteiger partial charge in [-0.25, -0.2) is 5.43 Å². The van der Waals surface area contributed by atoms with Gasteiger partial charge in [-0.2, -0.15) is 5.10 Å². The van der Waals surface area contributed by atoms with Crippen molar-refractivity contribution in [2.75, 3.05) is 11.9 Å². The van der Waals surface area contributed by atoms with Crippen LogP contribution in [0.5, 0.6) is 5.75 Å². The Hall–Kier alpha value is -2.68. The lowest BCUT2D eigenvalue weighted by molar-refractivity contribution is -0.118. The van der Waals surface area contributed by atoms with E-state index in [2.05, 4.69) is 47.7 Å². The number of rotatable bonds is 7. The zero-order chi connectivity index (χ0) is 23.1. The van der Waals surface area contributed by atoms with E-state index in [0.717, 1.165) is 15.6 Å². The zero-order valence-corrected chi connectivity index (χ0v) is 20.8. The Morgan fingerprint density at radius 1 is 1.06 bits per heavy atom. The van der Waals surface area contributed by atoms with E-state index >= 15 is 0 Å². The first kappa shape index (κ1) is 24.0. The maximum Gasteiger partial charge on any atom is 0.271 e. The fraction of sp³-hybridized carbons (Fsp3) is 0.0870. The van der Waals surface area contributed by atoms with E-state index in [1.807, 2.05) is 13.0 Å². The van der Waals surface area contributed by atoms with Gasteiger partial charge in [0, 0.05) is 20.7 Å². The molecule has 0 fully saturated rings. The minimum Gasteiger partial charge on any atom is -0.483 e. The summed E-state index contributed by atoms with van der Waals surface area (Å²) in [4.78, 5) is 24.2. The van der Waals surface area contributed by atoms with Crippen molar-refractivity contribution >= 4 is 67.2 Å². The summed E-state index contributed by atoms with van der Waals surface area (Å²) >= 11 is 12.8. The monoisotopic (exact) mass is 577 g/mol. The van der Waals surface area contributed by atoms with Crippen molar-refractivity contribution in [3.8, 4) is 5.75 Å². The van der Waals surface area contributed by atoms with Crippen LogP contribution in [0.3, 0.4) is 0 Å². The maximum atomic E-state index is 12.1. The largest absolute Gasteiger partial charge is 0.483 e. The van der Waals surface area contributed by atoms with E-state index < -0.39 is 0 Å². The number of amides is 2. The first-order chi connectivity index (χ1) is 15.3. The van der Waals surface area contributed by atoms with Gasteiger partial charge in [0.05, 0.1) is 10.7 Å². The topological polar surface area (TPSA) is 79.8 Å². The molecule has 0 aliphatic heterocycles. The number of hydrazone groups is 1. The van der Waals surface area contributed by atoms with Crippen LogP contribution in [0.4, 0.5) is 5.69 Å². The summed E-state index contributed by atoms with van der Waals surface area (Å²) < 4.78 is 7.12. The Kier molecular flexibility index (Phi) is 8.44. The lowest BCUT2D eigenvalue weighted by Gasteiger charge is -2.10. The van der Waals surface area contributed by atoms with Crippen LogP contribution < -0.4 is 15.5 Å². The molecule has 6 nitrogen and oxygen atoms in total. The Morgan fingerprint density at radius 3 is 2.50 bits per heavy atom. The lowest BCUT2D eigenvalue weighted by atomic mass is 10.2. The predicted molar refractivity (Wildman–Crippen MR) is 134 cm³/mol. The summed E-state index contributed by atoms with van der Waals surface area (Å²) in [6.45, 7) is 1.72. The molecule has 0 unspecified atom stereocenters. The number of aryl methyl sites for hydroxylation is 1. The molecule has 3 aromatic carbocycles. The van der Waals surface area contributed by atoms with Crippen molar-refractivity contribution in [2.45, 2.75) is 6.92 Å². The first-order valence-electron chi connectivity index (χ1n) is 9.39. The van der Waals surface area contributed by atoms with Gasteiger partial charge in [-0.3, -0.25) is 9.59 Å². The first-order valence-corrected chi connectivity index (χ1v) is 11.4. The molecule has 0 aliphatic carbocycles. The number of anilines is 1. The van der Waals surface area contributed by atoms with Crippen LogP contribution in [-0.2, 0) is 4.79 Å². The second kappa shape index (κ2) is 11.3. The normalized spacial score (nSPS) is 10.8. The summed E-state index contributed by atoms with van der Waals surface area (Å²) in [6.07, 6.45) is 1.51. The molecule has 0 bridgehead atoms. The van der Waals surface area contributed by atoms with Crippen molar-refractivity contribution < 1.29 is 14.3 Å². The molecule has 164 valence electrons. The van der Waals surface area contributed by atoms with Gasteiger partial charge in [-0.05, 0) is 88.6 Å². The van der Waals surface area contributed by atoms with Crippen LogP contribution in [0.2, 0.25) is 5.02 Å². The Bertz CT molecular complexity index is 1170. The predicted octanol–water partition coefficient (Wildman–Crippen LogP) is 5.95. The summed E-state index contributed by atoms with van der Waals surface area (Å²) in [6, 6.07) is 17.5. The second-order valence-electron chi connectivity index (χ2n) is 6.70. The Morgan fingerprint density at radius 2 is 1.81 bits per heavy atom. The highest BCUT2D eigenvalue weighted by molar-refractivity contribution is 9.10. The number of nitrogens with one attached hydrogen (secondary N) is 2. The molecule has 0 aromatic heterocycles. The van der Waals surface area contributed by atoms with Gasteiger partial charge in [0.2, 0.25) is 0 Å². The average Bonchev–Trinajstić information content (AvgIpc) is 2.76. The average molecular weight is 580 g/mol. The maximum absolute atomic E-state index is 12.1. The molecule has 0 saturated carbocycles. The van der Waals surface area contributed by atoms with Crippen LogP contribution in [0.25, 0.3) is 0 Å². The Balaban J connectivity index is 1.52. The molecule has 0 saturated heterocycles. The number of hydrogen-bond acceptors (Lipinski definition) is 4. The van der Waals surface area contributed by atoms with E-state index in [4.69, 9.17) is 16.3 Å². The van der Waals surface area contributed by atoms with Gasteiger partial charge >= 0.3 is 0 Å². The van der Waals surface area contributed by atoms with Crippen molar-refractivity contribution in [1.29, 1.82) is 0 Å². The summed E-state index contributed by atoms with van der Waals surface area (Å²) in [5, 5.41) is 7.29. The number of ether oxygens (including phenoxy) is 1. The van der Waals surface area contributed by atoms with Crippen molar-refractivity contribution in [2.24, 2.45) is 5.10 Å². The molecule has 3 aromatic rings. The second-order valence-corrected chi connectivity index (χ2v) is 8.87. The van der Waals surface area contributed by atoms with Gasteiger partial charge < -0.3 is 10.1 Å². The van der Waals surface area contributed by atoms with Crippen molar-refractivity contribution in [1.82, 2.24) is 5.43 Å². The standard InChI is InChI=1S/C23H18Br2ClN3O3/c1-14-2-8-18(11-20(14)26)28-22(30)13-32-21-9-3-15(10-19(21)25)12-27-29-23(31)16-4-6-17(24)7-5-16/h2-12H,13H2,1H3,(H,28,30)(H,29,31)/b27-12+. The lowest BCUT2D eigenvalue weighted by Crippen LogP contribution is -2.20. The third-order valence-corrected chi connectivity index (χ3v) is 5.81. The van der Waals surface area contributed by atoms with E-state index in [9.17, 15) is 9.59 Å². The highest BCUT2D eigenvalue weighted by Gasteiger charge is 2.08. The van der Waals surface area contributed by atoms with Gasteiger partial charge in [-0.15, -0.1) is 0 Å². The third-order valence-electron chi connectivity index (χ3n) is 4.26. The third kappa shape index (κ3) is 6.91. The SMILES string of the molecule is Cc1ccc(NC(=O)COc2ccc(/C=N/NC(=O)c3ccc(Br)cc3)cc2Br)cc1Cl. The number of hydrogen-bond donors (Lipinski definition) is 2. The number of carbonyl (C=O) groups excluding carboxylic acids is 2. The molecular formula is C23H18Br2ClN3O3. The zero-order valence-electron chi connectivity index (χ0n) is 16.9. The molecule has 32 heavy (non-hydrogen) atoms. The molecule has 3 rings (SSSR count). The molecule has 0 radical (unpaired) electrons. The molecule has 9 heteroatoms. The van der Waals surface area contributed by atoms with Crippen molar-refractivity contribution in [3.05, 3.63) is 91.3 Å². The molecule has 2 N–H and O–H groups in total. The molecule has 0 heterocycles. The van der Waals surface area contributed by atoms with Crippen LogP contribution in [-0.4, -0.2) is 24.6 Å². The number of benzene rings is 3. The Labute approximate surface area is 207 Å². The van der Waals surface area contributed by atoms with Crippen LogP contribution in [0.1, 0.15) is 21.5 Å². The van der Waals surface area contributed by atoms with Gasteiger partial charge in [0.25, 0.3) is 11.8 Å². The quantitative estimate of drug-likeness (QED) is 0.268. The van der Waals surface area contributed by atoms with Crippen LogP contribution >= 0.6 is 43.5 Å². The minimum atomic E-state index is -0.311. The van der Waals surface area contributed by atoms with E-state index in [-0.39, 0.29) is 18.4 Å². The molecule has 0 atom stereocenters. The molecular weight excluding hydrogens is 562 g/mol. The van der Waals surface area contributed by atoms with Gasteiger partial charge in [0.15, 0.2) is 6.61 Å². The van der Waals surface area contributed by atoms with E-state index in [1.165, 1.54) is 6.21 Å². The van der Waals surface area contributed by atoms with Gasteiger partial charge in [-0.1, -0.05) is 33.6 Å². The van der Waals surface area contributed by atoms with Crippen molar-refractivity contribution in [3.63, 3.8) is 0 Å². The number of nitrogens with zero attached hydrogens (tertiary/aromatic N) is 1. The number of carbonyl (C=O) groups is 2. The molecule has 0 spiro atoms. The van der Waals surface area contributed by atoms with E-state index in [0.29, 0.717) is 26.5 Å². The minimum absolute atomic E-state index is 0.166. The summed E-state index contributed by atoms with van der Waals surface area (Å²) in [5.41, 5.74) is 5.25. The molecule has 2 amide bonds. The summed E-state index contributed by atoms with van der Waals surface area (Å²) in [7, 11) is 0. The summed E-state index contributed by atoms with van der Waals surface area (Å²) in [5.74, 6) is -0.120. The highest BCUT2D eigenvalue weighted by Crippen LogP contribution is 2.26. The highest BCUT2D eigenvalue weighted by atomic mass is 79.9. The van der Waals surface area contributed by atoms with E-state index in [1.54, 1.807) is 54.6 Å². The smallest absolute Gasteiger partial charge is 0.271 e. The van der Waals surface area contributed by atoms with Crippen LogP contribution in [0.15, 0.2) is 74.7 Å². The van der Waals surface area contributed by atoms with Gasteiger partial charge in [0.1, 0.15) is 5.75 Å². The fourth-order valence-electron chi connectivity index (χ4n) is 2.56. The molecule has 0 aliphatic rings. The number of halogens is 3. The van der Waals surface area contributed by atoms with Crippen LogP contribution in [0, 0.1) is 6.92 Å². The fourth-order valence-corrected chi connectivity index (χ4v) is 3.51.